The number of rotatable bonds is 6. The van der Waals surface area contributed by atoms with E-state index >= 15 is 0 Å². The molecule has 1 aromatic carbocycles. The molecule has 0 saturated heterocycles. The highest BCUT2D eigenvalue weighted by Crippen LogP contribution is 2.19. The van der Waals surface area contributed by atoms with Gasteiger partial charge in [0.2, 0.25) is 0 Å². The van der Waals surface area contributed by atoms with Gasteiger partial charge >= 0.3 is 0 Å². The fourth-order valence-electron chi connectivity index (χ4n) is 1.92. The minimum Gasteiger partial charge on any atom is -0.387 e. The van der Waals surface area contributed by atoms with Crippen LogP contribution in [0.4, 0.5) is 0 Å². The third-order valence-electron chi connectivity index (χ3n) is 2.98. The summed E-state index contributed by atoms with van der Waals surface area (Å²) in [5.74, 6) is 0. The Bertz CT molecular complexity index is 519. The second kappa shape index (κ2) is 7.05. The van der Waals surface area contributed by atoms with Gasteiger partial charge in [-0.15, -0.1) is 0 Å². The predicted octanol–water partition coefficient (Wildman–Crippen LogP) is 3.03. The number of hydrogen-bond acceptors (Lipinski definition) is 4. The van der Waals surface area contributed by atoms with Gasteiger partial charge in [0.05, 0.1) is 18.6 Å². The smallest absolute Gasteiger partial charge is 0.0922 e. The van der Waals surface area contributed by atoms with Crippen LogP contribution in [0.2, 0.25) is 0 Å². The molecule has 0 fully saturated rings. The fraction of sp³-hybridized carbons (Fsp3) is 0.267. The van der Waals surface area contributed by atoms with Gasteiger partial charge in [0.1, 0.15) is 0 Å². The minimum atomic E-state index is -0.531. The van der Waals surface area contributed by atoms with Crippen molar-refractivity contribution >= 4 is 11.3 Å². The maximum absolute atomic E-state index is 10.0. The Morgan fingerprint density at radius 1 is 1.21 bits per heavy atom. The third kappa shape index (κ3) is 3.90. The number of nitrogens with one attached hydrogen (secondary N) is 1. The van der Waals surface area contributed by atoms with E-state index in [0.29, 0.717) is 13.0 Å². The average molecular weight is 272 g/mol. The first-order valence-electron chi connectivity index (χ1n) is 6.16. The molecule has 0 radical (unpaired) electrons. The SMILES string of the molecule is N#CCC(NCC(O)c1ccsc1)c1ccccc1. The van der Waals surface area contributed by atoms with Gasteiger partial charge in [-0.2, -0.15) is 16.6 Å². The van der Waals surface area contributed by atoms with E-state index in [1.807, 2.05) is 47.2 Å². The molecule has 0 aliphatic carbocycles. The molecule has 98 valence electrons. The number of aliphatic hydroxyl groups is 1. The van der Waals surface area contributed by atoms with Crippen LogP contribution < -0.4 is 5.32 Å². The Morgan fingerprint density at radius 2 is 2.00 bits per heavy atom. The number of benzene rings is 1. The van der Waals surface area contributed by atoms with Crippen molar-refractivity contribution in [3.05, 3.63) is 58.3 Å². The van der Waals surface area contributed by atoms with E-state index in [1.54, 1.807) is 11.3 Å². The van der Waals surface area contributed by atoms with Crippen molar-refractivity contribution in [3.63, 3.8) is 0 Å². The first-order chi connectivity index (χ1) is 9.31. The molecule has 2 unspecified atom stereocenters. The molecule has 1 heterocycles. The summed E-state index contributed by atoms with van der Waals surface area (Å²) in [5.41, 5.74) is 1.99. The summed E-state index contributed by atoms with van der Waals surface area (Å²) in [6.45, 7) is 0.442. The van der Waals surface area contributed by atoms with E-state index in [4.69, 9.17) is 5.26 Å². The van der Waals surface area contributed by atoms with Crippen LogP contribution in [0.3, 0.4) is 0 Å². The molecule has 2 atom stereocenters. The molecule has 0 spiro atoms. The zero-order chi connectivity index (χ0) is 13.5. The number of thiophene rings is 1. The van der Waals surface area contributed by atoms with E-state index in [0.717, 1.165) is 11.1 Å². The summed E-state index contributed by atoms with van der Waals surface area (Å²) in [5, 5.41) is 26.1. The molecule has 0 aliphatic rings. The molecule has 3 nitrogen and oxygen atoms in total. The summed E-state index contributed by atoms with van der Waals surface area (Å²) >= 11 is 1.57. The van der Waals surface area contributed by atoms with Crippen LogP contribution in [0.1, 0.15) is 29.7 Å². The Balaban J connectivity index is 1.96. The van der Waals surface area contributed by atoms with Crippen molar-refractivity contribution in [2.75, 3.05) is 6.54 Å². The molecule has 19 heavy (non-hydrogen) atoms. The standard InChI is InChI=1S/C15H16N2OS/c16-8-6-14(12-4-2-1-3-5-12)17-10-15(18)13-7-9-19-11-13/h1-5,7,9,11,14-15,17-18H,6,10H2. The Morgan fingerprint density at radius 3 is 2.63 bits per heavy atom. The number of nitrogens with zero attached hydrogens (tertiary/aromatic N) is 1. The quantitative estimate of drug-likeness (QED) is 0.850. The lowest BCUT2D eigenvalue weighted by atomic mass is 10.0. The molecular formula is C15H16N2OS. The molecule has 0 saturated carbocycles. The van der Waals surface area contributed by atoms with Gasteiger partial charge in [0.15, 0.2) is 0 Å². The lowest BCUT2D eigenvalue weighted by Crippen LogP contribution is -2.26. The highest BCUT2D eigenvalue weighted by Gasteiger charge is 2.13. The second-order valence-electron chi connectivity index (χ2n) is 4.31. The molecular weight excluding hydrogens is 256 g/mol. The molecule has 1 aromatic heterocycles. The molecule has 4 heteroatoms. The Hall–Kier alpha value is -1.67. The molecule has 2 aromatic rings. The monoisotopic (exact) mass is 272 g/mol. The molecule has 2 rings (SSSR count). The summed E-state index contributed by atoms with van der Waals surface area (Å²) < 4.78 is 0. The lowest BCUT2D eigenvalue weighted by Gasteiger charge is -2.18. The first-order valence-corrected chi connectivity index (χ1v) is 7.11. The first kappa shape index (κ1) is 13.8. The highest BCUT2D eigenvalue weighted by atomic mass is 32.1. The van der Waals surface area contributed by atoms with E-state index in [9.17, 15) is 5.11 Å². The summed E-state index contributed by atoms with van der Waals surface area (Å²) in [4.78, 5) is 0. The third-order valence-corrected chi connectivity index (χ3v) is 3.68. The zero-order valence-corrected chi connectivity index (χ0v) is 11.3. The summed E-state index contributed by atoms with van der Waals surface area (Å²) in [6.07, 6.45) is -0.142. The summed E-state index contributed by atoms with van der Waals surface area (Å²) in [7, 11) is 0. The number of nitriles is 1. The van der Waals surface area contributed by atoms with Gasteiger partial charge in [0, 0.05) is 12.6 Å². The molecule has 0 bridgehead atoms. The van der Waals surface area contributed by atoms with Crippen LogP contribution >= 0.6 is 11.3 Å². The average Bonchev–Trinajstić information content (AvgIpc) is 2.98. The van der Waals surface area contributed by atoms with Crippen molar-refractivity contribution in [1.29, 1.82) is 5.26 Å². The second-order valence-corrected chi connectivity index (χ2v) is 5.09. The molecule has 2 N–H and O–H groups in total. The van der Waals surface area contributed by atoms with Crippen LogP contribution in [0.5, 0.6) is 0 Å². The van der Waals surface area contributed by atoms with Crippen molar-refractivity contribution in [3.8, 4) is 6.07 Å². The zero-order valence-electron chi connectivity index (χ0n) is 10.5. The number of hydrogen-bond donors (Lipinski definition) is 2. The Kier molecular flexibility index (Phi) is 5.10. The maximum atomic E-state index is 10.0. The van der Waals surface area contributed by atoms with Crippen LogP contribution in [0, 0.1) is 11.3 Å². The van der Waals surface area contributed by atoms with Gasteiger partial charge in [-0.05, 0) is 28.0 Å². The van der Waals surface area contributed by atoms with Crippen molar-refractivity contribution < 1.29 is 5.11 Å². The fourth-order valence-corrected chi connectivity index (χ4v) is 2.63. The topological polar surface area (TPSA) is 56.0 Å². The molecule has 0 aliphatic heterocycles. The van der Waals surface area contributed by atoms with Crippen LogP contribution in [0.15, 0.2) is 47.2 Å². The van der Waals surface area contributed by atoms with Crippen molar-refractivity contribution in [1.82, 2.24) is 5.32 Å². The van der Waals surface area contributed by atoms with E-state index in [1.165, 1.54) is 0 Å². The largest absolute Gasteiger partial charge is 0.387 e. The normalized spacial score (nSPS) is 13.7. The van der Waals surface area contributed by atoms with Gasteiger partial charge in [0.25, 0.3) is 0 Å². The van der Waals surface area contributed by atoms with Crippen LogP contribution in [-0.2, 0) is 0 Å². The maximum Gasteiger partial charge on any atom is 0.0922 e. The van der Waals surface area contributed by atoms with Gasteiger partial charge < -0.3 is 10.4 Å². The van der Waals surface area contributed by atoms with Crippen molar-refractivity contribution in [2.24, 2.45) is 0 Å². The van der Waals surface area contributed by atoms with Gasteiger partial charge in [-0.25, -0.2) is 0 Å². The lowest BCUT2D eigenvalue weighted by molar-refractivity contribution is 0.170. The number of aliphatic hydroxyl groups excluding tert-OH is 1. The van der Waals surface area contributed by atoms with Crippen LogP contribution in [-0.4, -0.2) is 11.7 Å². The van der Waals surface area contributed by atoms with Gasteiger partial charge in [-0.1, -0.05) is 30.3 Å². The van der Waals surface area contributed by atoms with Gasteiger partial charge in [-0.3, -0.25) is 0 Å². The van der Waals surface area contributed by atoms with Crippen LogP contribution in [0.25, 0.3) is 0 Å². The highest BCUT2D eigenvalue weighted by molar-refractivity contribution is 7.07. The van der Waals surface area contributed by atoms with Crippen molar-refractivity contribution in [2.45, 2.75) is 18.6 Å². The predicted molar refractivity (Wildman–Crippen MR) is 76.7 cm³/mol. The van der Waals surface area contributed by atoms with E-state index in [-0.39, 0.29) is 6.04 Å². The molecule has 0 amide bonds. The minimum absolute atomic E-state index is 0.0421. The summed E-state index contributed by atoms with van der Waals surface area (Å²) in [6, 6.07) is 13.9. The Labute approximate surface area is 117 Å². The van der Waals surface area contributed by atoms with E-state index < -0.39 is 6.10 Å². The van der Waals surface area contributed by atoms with E-state index in [2.05, 4.69) is 11.4 Å².